The third-order valence-electron chi connectivity index (χ3n) is 4.79. The lowest BCUT2D eigenvalue weighted by atomic mass is 9.96. The number of halogens is 2. The van der Waals surface area contributed by atoms with Crippen molar-refractivity contribution in [3.63, 3.8) is 0 Å². The molecule has 0 unspecified atom stereocenters. The van der Waals surface area contributed by atoms with Gasteiger partial charge in [-0.15, -0.1) is 0 Å². The van der Waals surface area contributed by atoms with E-state index in [0.717, 1.165) is 32.1 Å². The Labute approximate surface area is 217 Å². The SMILES string of the molecule is CC(=O)N[C@H]1[C@@H](Oc2cc3sc(=O)oc3c(Cl)c2Cl)O[C@@H](COC(C)=O)[C@@H](OC(C)=O)[C@H]1OC(C)=O. The van der Waals surface area contributed by atoms with Crippen molar-refractivity contribution in [1.82, 2.24) is 5.32 Å². The van der Waals surface area contributed by atoms with Gasteiger partial charge in [0.25, 0.3) is 0 Å². The maximum atomic E-state index is 12.0. The molecule has 5 atom stereocenters. The number of amides is 1. The van der Waals surface area contributed by atoms with E-state index < -0.39 is 66.0 Å². The normalized spacial score (nSPS) is 23.6. The minimum Gasteiger partial charge on any atom is -0.463 e. The summed E-state index contributed by atoms with van der Waals surface area (Å²) >= 11 is 13.3. The van der Waals surface area contributed by atoms with Crippen LogP contribution in [0, 0.1) is 0 Å². The number of ether oxygens (including phenoxy) is 5. The van der Waals surface area contributed by atoms with Gasteiger partial charge in [0.05, 0.1) is 4.70 Å². The number of nitrogens with one attached hydrogen (secondary N) is 1. The van der Waals surface area contributed by atoms with Crippen molar-refractivity contribution in [2.75, 3.05) is 6.61 Å². The molecule has 1 saturated heterocycles. The third kappa shape index (κ3) is 6.46. The summed E-state index contributed by atoms with van der Waals surface area (Å²) in [6.07, 6.45) is -5.21. The van der Waals surface area contributed by atoms with Gasteiger partial charge in [-0.1, -0.05) is 34.5 Å². The average Bonchev–Trinajstić information content (AvgIpc) is 3.13. The van der Waals surface area contributed by atoms with Gasteiger partial charge in [0.1, 0.15) is 34.5 Å². The summed E-state index contributed by atoms with van der Waals surface area (Å²) in [7, 11) is 0. The quantitative estimate of drug-likeness (QED) is 0.387. The molecule has 15 heteroatoms. The number of benzene rings is 1. The number of hydrogen-bond donors (Lipinski definition) is 1. The first kappa shape index (κ1) is 27.7. The van der Waals surface area contributed by atoms with Gasteiger partial charge >= 0.3 is 22.8 Å². The Hall–Kier alpha value is -2.87. The molecule has 196 valence electrons. The number of carbonyl (C=O) groups excluding carboxylic acids is 4. The van der Waals surface area contributed by atoms with Crippen molar-refractivity contribution in [3.8, 4) is 5.75 Å². The van der Waals surface area contributed by atoms with Crippen molar-refractivity contribution in [3.05, 3.63) is 25.8 Å². The fourth-order valence-corrected chi connectivity index (χ4v) is 4.71. The largest absolute Gasteiger partial charge is 0.463 e. The Morgan fingerprint density at radius 1 is 1.00 bits per heavy atom. The molecule has 0 radical (unpaired) electrons. The Kier molecular flexibility index (Phi) is 8.82. The maximum Gasteiger partial charge on any atom is 0.396 e. The molecule has 1 aromatic heterocycles. The fourth-order valence-electron chi connectivity index (χ4n) is 3.53. The minimum atomic E-state index is -1.42. The number of fused-ring (bicyclic) bond motifs is 1. The lowest BCUT2D eigenvalue weighted by molar-refractivity contribution is -0.257. The van der Waals surface area contributed by atoms with Crippen molar-refractivity contribution in [2.24, 2.45) is 0 Å². The van der Waals surface area contributed by atoms with Gasteiger partial charge in [-0.05, 0) is 0 Å². The van der Waals surface area contributed by atoms with Crippen LogP contribution in [0.3, 0.4) is 0 Å². The lowest BCUT2D eigenvalue weighted by Gasteiger charge is -2.44. The van der Waals surface area contributed by atoms with E-state index in [4.69, 9.17) is 51.3 Å². The van der Waals surface area contributed by atoms with Crippen LogP contribution >= 0.6 is 34.5 Å². The molecule has 0 aliphatic carbocycles. The first-order chi connectivity index (χ1) is 16.9. The molecule has 3 rings (SSSR count). The highest BCUT2D eigenvalue weighted by molar-refractivity contribution is 7.16. The second-order valence-electron chi connectivity index (χ2n) is 7.62. The summed E-state index contributed by atoms with van der Waals surface area (Å²) < 4.78 is 33.0. The zero-order valence-electron chi connectivity index (χ0n) is 19.3. The van der Waals surface area contributed by atoms with E-state index >= 15 is 0 Å². The molecule has 1 amide bonds. The van der Waals surface area contributed by atoms with Crippen LogP contribution in [-0.2, 0) is 38.1 Å². The highest BCUT2D eigenvalue weighted by Gasteiger charge is 2.52. The molecule has 0 spiro atoms. The van der Waals surface area contributed by atoms with E-state index in [9.17, 15) is 24.0 Å². The maximum absolute atomic E-state index is 12.0. The van der Waals surface area contributed by atoms with E-state index in [-0.39, 0.29) is 21.4 Å². The van der Waals surface area contributed by atoms with Gasteiger partial charge in [0.15, 0.2) is 17.8 Å². The molecule has 1 aliphatic rings. The molecule has 0 bridgehead atoms. The molecular weight excluding hydrogens is 545 g/mol. The van der Waals surface area contributed by atoms with Crippen LogP contribution in [0.2, 0.25) is 10.0 Å². The fraction of sp³-hybridized carbons (Fsp3) is 0.476. The van der Waals surface area contributed by atoms with E-state index in [1.165, 1.54) is 13.0 Å². The van der Waals surface area contributed by atoms with E-state index in [0.29, 0.717) is 4.70 Å². The summed E-state index contributed by atoms with van der Waals surface area (Å²) in [4.78, 5) is 58.3. The molecule has 36 heavy (non-hydrogen) atoms. The van der Waals surface area contributed by atoms with Crippen molar-refractivity contribution < 1.29 is 47.3 Å². The molecule has 12 nitrogen and oxygen atoms in total. The van der Waals surface area contributed by atoms with Crippen molar-refractivity contribution >= 4 is 68.6 Å². The monoisotopic (exact) mass is 565 g/mol. The standard InChI is InChI=1S/C21H21Cl2NO11S/c1-7(25)24-16-19(32-10(4)28)17(31-9(3)27)12(6-30-8(2)26)34-20(16)33-11-5-13-18(15(23)14(11)22)35-21(29)36-13/h5,12,16-17,19-20H,6H2,1-4H3,(H,24,25)/t12-,16+,17+,19-,20-/m0/s1. The first-order valence-corrected chi connectivity index (χ1v) is 11.9. The summed E-state index contributed by atoms with van der Waals surface area (Å²) in [5, 5.41) is 2.34. The van der Waals surface area contributed by atoms with Gasteiger partial charge < -0.3 is 33.4 Å². The van der Waals surface area contributed by atoms with E-state index in [1.54, 1.807) is 0 Å². The Bertz CT molecular complexity index is 1240. The van der Waals surface area contributed by atoms with Gasteiger partial charge in [-0.2, -0.15) is 0 Å². The Balaban J connectivity index is 2.07. The molecule has 2 aromatic rings. The van der Waals surface area contributed by atoms with Crippen LogP contribution in [0.25, 0.3) is 10.3 Å². The second kappa shape index (κ2) is 11.5. The van der Waals surface area contributed by atoms with Gasteiger partial charge in [-0.25, -0.2) is 4.79 Å². The van der Waals surface area contributed by atoms with Crippen LogP contribution in [0.5, 0.6) is 5.75 Å². The first-order valence-electron chi connectivity index (χ1n) is 10.4. The summed E-state index contributed by atoms with van der Waals surface area (Å²) in [6.45, 7) is 4.19. The Morgan fingerprint density at radius 2 is 1.64 bits per heavy atom. The van der Waals surface area contributed by atoms with Crippen LogP contribution in [0.15, 0.2) is 15.3 Å². The average molecular weight is 566 g/mol. The zero-order valence-corrected chi connectivity index (χ0v) is 21.7. The molecule has 2 heterocycles. The lowest BCUT2D eigenvalue weighted by Crippen LogP contribution is -2.67. The molecule has 1 aliphatic heterocycles. The smallest absolute Gasteiger partial charge is 0.396 e. The number of esters is 3. The molecule has 1 aromatic carbocycles. The van der Waals surface area contributed by atoms with E-state index in [1.807, 2.05) is 0 Å². The highest BCUT2D eigenvalue weighted by atomic mass is 35.5. The number of carbonyl (C=O) groups is 4. The number of rotatable bonds is 7. The molecular formula is C21H21Cl2NO11S. The van der Waals surface area contributed by atoms with Crippen molar-refractivity contribution in [1.29, 1.82) is 0 Å². The van der Waals surface area contributed by atoms with Crippen molar-refractivity contribution in [2.45, 2.75) is 58.3 Å². The minimum absolute atomic E-state index is 0.0506. The summed E-state index contributed by atoms with van der Waals surface area (Å²) in [6, 6.07) is 0.158. The van der Waals surface area contributed by atoms with Gasteiger partial charge in [-0.3, -0.25) is 19.2 Å². The van der Waals surface area contributed by atoms with Gasteiger partial charge in [0.2, 0.25) is 12.2 Å². The van der Waals surface area contributed by atoms with Crippen LogP contribution in [0.1, 0.15) is 27.7 Å². The highest BCUT2D eigenvalue weighted by Crippen LogP contribution is 2.41. The molecule has 0 saturated carbocycles. The third-order valence-corrected chi connectivity index (χ3v) is 6.39. The zero-order chi connectivity index (χ0) is 26.7. The Morgan fingerprint density at radius 3 is 2.22 bits per heavy atom. The summed E-state index contributed by atoms with van der Waals surface area (Å²) in [5.74, 6) is -2.76. The van der Waals surface area contributed by atoms with Crippen LogP contribution in [-0.4, -0.2) is 61.1 Å². The van der Waals surface area contributed by atoms with Crippen LogP contribution < -0.4 is 15.0 Å². The second-order valence-corrected chi connectivity index (χ2v) is 9.36. The van der Waals surface area contributed by atoms with E-state index in [2.05, 4.69) is 5.32 Å². The summed E-state index contributed by atoms with van der Waals surface area (Å²) in [5.41, 5.74) is 0.0624. The van der Waals surface area contributed by atoms with Crippen LogP contribution in [0.4, 0.5) is 0 Å². The molecule has 1 N–H and O–H groups in total. The predicted octanol–water partition coefficient (Wildman–Crippen LogP) is 2.20. The van der Waals surface area contributed by atoms with Gasteiger partial charge in [0, 0.05) is 33.8 Å². The molecule has 1 fully saturated rings. The topological polar surface area (TPSA) is 157 Å². The predicted molar refractivity (Wildman–Crippen MR) is 125 cm³/mol. The number of hydrogen-bond acceptors (Lipinski definition) is 12.